The van der Waals surface area contributed by atoms with Gasteiger partial charge in [0.15, 0.2) is 0 Å². The number of likely N-dealkylation sites (N-methyl/N-ethyl adjacent to an activating group) is 1. The lowest BCUT2D eigenvalue weighted by Crippen LogP contribution is -2.54. The highest BCUT2D eigenvalue weighted by atomic mass is 16.6. The molecular formula is C14H25NO4. The highest BCUT2D eigenvalue weighted by Crippen LogP contribution is 2.38. The largest absolute Gasteiger partial charge is 0.378 e. The summed E-state index contributed by atoms with van der Waals surface area (Å²) in [7, 11) is 2.02. The van der Waals surface area contributed by atoms with Gasteiger partial charge in [-0.05, 0) is 25.8 Å². The molecule has 0 aromatic carbocycles. The van der Waals surface area contributed by atoms with Gasteiger partial charge in [-0.15, -0.1) is 0 Å². The van der Waals surface area contributed by atoms with Crippen LogP contribution in [-0.2, 0) is 18.9 Å². The summed E-state index contributed by atoms with van der Waals surface area (Å²) in [6, 6.07) is 0.349. The van der Waals surface area contributed by atoms with Crippen molar-refractivity contribution < 1.29 is 18.9 Å². The topological polar surface area (TPSA) is 49.0 Å². The highest BCUT2D eigenvalue weighted by molar-refractivity contribution is 4.95. The van der Waals surface area contributed by atoms with E-state index in [1.165, 1.54) is 0 Å². The molecule has 3 saturated heterocycles. The number of hydrogen-bond acceptors (Lipinski definition) is 5. The summed E-state index contributed by atoms with van der Waals surface area (Å²) >= 11 is 0. The first-order valence-corrected chi connectivity index (χ1v) is 7.41. The Morgan fingerprint density at radius 2 is 2.11 bits per heavy atom. The van der Waals surface area contributed by atoms with Gasteiger partial charge in [0, 0.05) is 25.7 Å². The van der Waals surface area contributed by atoms with E-state index in [1.807, 2.05) is 7.05 Å². The van der Waals surface area contributed by atoms with Crippen LogP contribution in [-0.4, -0.2) is 64.4 Å². The van der Waals surface area contributed by atoms with Gasteiger partial charge in [0.2, 0.25) is 0 Å². The van der Waals surface area contributed by atoms with Gasteiger partial charge in [0.1, 0.15) is 0 Å². The summed E-state index contributed by atoms with van der Waals surface area (Å²) in [6.07, 6.45) is 3.36. The van der Waals surface area contributed by atoms with Gasteiger partial charge < -0.3 is 24.3 Å². The Hall–Kier alpha value is -0.200. The first kappa shape index (κ1) is 13.8. The van der Waals surface area contributed by atoms with Crippen LogP contribution in [0.4, 0.5) is 0 Å². The molecule has 0 aromatic heterocycles. The van der Waals surface area contributed by atoms with Crippen LogP contribution in [0.3, 0.4) is 0 Å². The summed E-state index contributed by atoms with van der Waals surface area (Å²) < 4.78 is 23.0. The second-order valence-corrected chi connectivity index (χ2v) is 5.89. The molecule has 1 N–H and O–H groups in total. The van der Waals surface area contributed by atoms with E-state index in [1.54, 1.807) is 0 Å². The van der Waals surface area contributed by atoms with Crippen LogP contribution in [0.25, 0.3) is 0 Å². The molecule has 110 valence electrons. The van der Waals surface area contributed by atoms with Crippen LogP contribution in [0.15, 0.2) is 0 Å². The zero-order chi connectivity index (χ0) is 13.1. The molecule has 0 saturated carbocycles. The average molecular weight is 271 g/mol. The Balaban J connectivity index is 1.64. The van der Waals surface area contributed by atoms with Gasteiger partial charge in [0.05, 0.1) is 38.1 Å². The molecule has 0 bridgehead atoms. The summed E-state index contributed by atoms with van der Waals surface area (Å²) in [5, 5.41) is 3.45. The summed E-state index contributed by atoms with van der Waals surface area (Å²) in [5.41, 5.74) is -0.0342. The highest BCUT2D eigenvalue weighted by Gasteiger charge is 2.44. The van der Waals surface area contributed by atoms with Crippen LogP contribution in [0.5, 0.6) is 0 Å². The zero-order valence-electron chi connectivity index (χ0n) is 11.7. The van der Waals surface area contributed by atoms with Crippen molar-refractivity contribution in [2.45, 2.75) is 37.0 Å². The fourth-order valence-corrected chi connectivity index (χ4v) is 3.67. The molecule has 0 aromatic rings. The van der Waals surface area contributed by atoms with Crippen LogP contribution in [0.2, 0.25) is 0 Å². The maximum atomic E-state index is 6.01. The van der Waals surface area contributed by atoms with Gasteiger partial charge in [-0.25, -0.2) is 0 Å². The van der Waals surface area contributed by atoms with E-state index in [0.29, 0.717) is 25.2 Å². The van der Waals surface area contributed by atoms with Gasteiger partial charge in [-0.2, -0.15) is 0 Å². The Labute approximate surface area is 114 Å². The molecule has 5 heteroatoms. The molecule has 3 aliphatic heterocycles. The molecule has 0 amide bonds. The van der Waals surface area contributed by atoms with Gasteiger partial charge in [-0.1, -0.05) is 0 Å². The van der Waals surface area contributed by atoms with E-state index in [9.17, 15) is 0 Å². The normalized spacial score (nSPS) is 41.5. The predicted octanol–water partition coefficient (Wildman–Crippen LogP) is 0.576. The first-order chi connectivity index (χ1) is 9.33. The Morgan fingerprint density at radius 1 is 1.16 bits per heavy atom. The van der Waals surface area contributed by atoms with Crippen LogP contribution >= 0.6 is 0 Å². The molecular weight excluding hydrogens is 246 g/mol. The number of rotatable bonds is 3. The maximum absolute atomic E-state index is 6.01. The van der Waals surface area contributed by atoms with E-state index in [2.05, 4.69) is 5.32 Å². The maximum Gasteiger partial charge on any atom is 0.0964 e. The summed E-state index contributed by atoms with van der Waals surface area (Å²) in [4.78, 5) is 0. The molecule has 0 aliphatic carbocycles. The predicted molar refractivity (Wildman–Crippen MR) is 70.2 cm³/mol. The van der Waals surface area contributed by atoms with Crippen molar-refractivity contribution in [3.8, 4) is 0 Å². The Kier molecular flexibility index (Phi) is 4.39. The van der Waals surface area contributed by atoms with Crippen molar-refractivity contribution >= 4 is 0 Å². The fourth-order valence-electron chi connectivity index (χ4n) is 3.67. The molecule has 3 fully saturated rings. The second kappa shape index (κ2) is 6.06. The summed E-state index contributed by atoms with van der Waals surface area (Å²) in [6.45, 7) is 4.55. The van der Waals surface area contributed by atoms with E-state index < -0.39 is 0 Å². The van der Waals surface area contributed by atoms with Crippen molar-refractivity contribution in [1.82, 2.24) is 5.32 Å². The second-order valence-electron chi connectivity index (χ2n) is 5.89. The number of hydrogen-bond donors (Lipinski definition) is 1. The first-order valence-electron chi connectivity index (χ1n) is 7.41. The van der Waals surface area contributed by atoms with Crippen LogP contribution in [0.1, 0.15) is 19.3 Å². The summed E-state index contributed by atoms with van der Waals surface area (Å²) in [5.74, 6) is 0.576. The van der Waals surface area contributed by atoms with Crippen molar-refractivity contribution in [2.24, 2.45) is 5.92 Å². The lowest BCUT2D eigenvalue weighted by molar-refractivity contribution is -0.136. The number of ether oxygens (including phenoxy) is 4. The van der Waals surface area contributed by atoms with Gasteiger partial charge in [-0.3, -0.25) is 0 Å². The molecule has 3 aliphatic rings. The SMILES string of the molecule is CNC(C1CCOC2(CCOC2)C1)C1COCCO1. The minimum Gasteiger partial charge on any atom is -0.378 e. The molecule has 1 spiro atoms. The molecule has 0 radical (unpaired) electrons. The molecule has 4 atom stereocenters. The smallest absolute Gasteiger partial charge is 0.0964 e. The average Bonchev–Trinajstić information content (AvgIpc) is 2.89. The fraction of sp³-hybridized carbons (Fsp3) is 1.00. The molecule has 3 heterocycles. The van der Waals surface area contributed by atoms with E-state index in [4.69, 9.17) is 18.9 Å². The van der Waals surface area contributed by atoms with Crippen molar-refractivity contribution in [3.63, 3.8) is 0 Å². The van der Waals surface area contributed by atoms with Crippen molar-refractivity contribution in [1.29, 1.82) is 0 Å². The quantitative estimate of drug-likeness (QED) is 0.813. The monoisotopic (exact) mass is 271 g/mol. The third-order valence-corrected chi connectivity index (χ3v) is 4.68. The third kappa shape index (κ3) is 2.95. The number of nitrogens with one attached hydrogen (secondary N) is 1. The van der Waals surface area contributed by atoms with Crippen LogP contribution in [0, 0.1) is 5.92 Å². The van der Waals surface area contributed by atoms with Gasteiger partial charge in [0.25, 0.3) is 0 Å². The van der Waals surface area contributed by atoms with E-state index >= 15 is 0 Å². The molecule has 19 heavy (non-hydrogen) atoms. The molecule has 5 nitrogen and oxygen atoms in total. The van der Waals surface area contributed by atoms with Gasteiger partial charge >= 0.3 is 0 Å². The zero-order valence-corrected chi connectivity index (χ0v) is 11.7. The lowest BCUT2D eigenvalue weighted by Gasteiger charge is -2.43. The van der Waals surface area contributed by atoms with E-state index in [-0.39, 0.29) is 11.7 Å². The minimum atomic E-state index is -0.0342. The lowest BCUT2D eigenvalue weighted by atomic mass is 9.79. The van der Waals surface area contributed by atoms with Crippen molar-refractivity contribution in [3.05, 3.63) is 0 Å². The van der Waals surface area contributed by atoms with E-state index in [0.717, 1.165) is 45.7 Å². The molecule has 3 rings (SSSR count). The Morgan fingerprint density at radius 3 is 2.79 bits per heavy atom. The standard InChI is InChI=1S/C14H25NO4/c1-15-13(12-9-16-6-7-18-12)11-2-4-19-14(8-11)3-5-17-10-14/h11-13,15H,2-10H2,1H3. The van der Waals surface area contributed by atoms with Crippen molar-refractivity contribution in [2.75, 3.05) is 46.7 Å². The third-order valence-electron chi connectivity index (χ3n) is 4.68. The molecule has 4 unspecified atom stereocenters. The Bertz CT molecular complexity index is 287. The van der Waals surface area contributed by atoms with Crippen LogP contribution < -0.4 is 5.32 Å². The minimum absolute atomic E-state index is 0.0342.